The minimum atomic E-state index is 0.190. The highest BCUT2D eigenvalue weighted by atomic mass is 79.9. The summed E-state index contributed by atoms with van der Waals surface area (Å²) in [5, 5.41) is 8.37. The van der Waals surface area contributed by atoms with Crippen molar-refractivity contribution in [2.45, 2.75) is 19.4 Å². The topological polar surface area (TPSA) is 39.1 Å². The Bertz CT molecular complexity index is 615. The summed E-state index contributed by atoms with van der Waals surface area (Å²) in [5.74, 6) is 0.781. The molecule has 114 valence electrons. The third-order valence-electron chi connectivity index (χ3n) is 3.36. The van der Waals surface area contributed by atoms with Gasteiger partial charge in [0.1, 0.15) is 12.4 Å². The molecule has 0 radical (unpaired) electrons. The standard InChI is InChI=1S/C15H19BrClN3O/c1-10-15(16)14(20(3)19-10)8-12(18-2)9-21-13-6-4-5-11(17)7-13/h4-7,12,18H,8-9H2,1-3H3. The number of likely N-dealkylation sites (N-methyl/N-ethyl adjacent to an activating group) is 1. The number of benzene rings is 1. The fraction of sp³-hybridized carbons (Fsp3) is 0.400. The smallest absolute Gasteiger partial charge is 0.120 e. The minimum Gasteiger partial charge on any atom is -0.492 e. The number of hydrogen-bond donors (Lipinski definition) is 1. The highest BCUT2D eigenvalue weighted by Gasteiger charge is 2.16. The van der Waals surface area contributed by atoms with E-state index in [2.05, 4.69) is 26.3 Å². The average molecular weight is 373 g/mol. The lowest BCUT2D eigenvalue weighted by atomic mass is 10.1. The zero-order chi connectivity index (χ0) is 15.4. The number of halogens is 2. The van der Waals surface area contributed by atoms with Gasteiger partial charge in [-0.3, -0.25) is 4.68 Å². The molecule has 0 saturated heterocycles. The maximum Gasteiger partial charge on any atom is 0.120 e. The van der Waals surface area contributed by atoms with Crippen molar-refractivity contribution >= 4 is 27.5 Å². The van der Waals surface area contributed by atoms with Crippen molar-refractivity contribution in [1.82, 2.24) is 15.1 Å². The van der Waals surface area contributed by atoms with Crippen molar-refractivity contribution in [1.29, 1.82) is 0 Å². The second-order valence-electron chi connectivity index (χ2n) is 4.93. The van der Waals surface area contributed by atoms with Gasteiger partial charge in [0.25, 0.3) is 0 Å². The van der Waals surface area contributed by atoms with Crippen molar-refractivity contribution < 1.29 is 4.74 Å². The molecule has 2 rings (SSSR count). The predicted octanol–water partition coefficient (Wildman–Crippen LogP) is 3.35. The zero-order valence-electron chi connectivity index (χ0n) is 12.4. The van der Waals surface area contributed by atoms with Gasteiger partial charge in [0.05, 0.1) is 15.9 Å². The molecule has 0 aliphatic heterocycles. The molecule has 0 amide bonds. The van der Waals surface area contributed by atoms with Crippen molar-refractivity contribution in [3.05, 3.63) is 45.1 Å². The maximum atomic E-state index is 5.95. The van der Waals surface area contributed by atoms with E-state index in [1.54, 1.807) is 0 Å². The first-order valence-corrected chi connectivity index (χ1v) is 7.92. The van der Waals surface area contributed by atoms with E-state index in [0.717, 1.165) is 28.0 Å². The molecule has 6 heteroatoms. The van der Waals surface area contributed by atoms with E-state index in [-0.39, 0.29) is 6.04 Å². The molecule has 4 nitrogen and oxygen atoms in total. The van der Waals surface area contributed by atoms with Gasteiger partial charge in [-0.1, -0.05) is 17.7 Å². The molecule has 0 spiro atoms. The summed E-state index contributed by atoms with van der Waals surface area (Å²) in [6.45, 7) is 2.55. The molecule has 1 atom stereocenters. The minimum absolute atomic E-state index is 0.190. The summed E-state index contributed by atoms with van der Waals surface area (Å²) in [6.07, 6.45) is 0.828. The largest absolute Gasteiger partial charge is 0.492 e. The Hall–Kier alpha value is -1.04. The van der Waals surface area contributed by atoms with E-state index in [9.17, 15) is 0 Å². The van der Waals surface area contributed by atoms with E-state index in [1.165, 1.54) is 0 Å². The van der Waals surface area contributed by atoms with Gasteiger partial charge in [0, 0.05) is 24.5 Å². The summed E-state index contributed by atoms with van der Waals surface area (Å²) >= 11 is 9.55. The van der Waals surface area contributed by atoms with Crippen LogP contribution in [-0.4, -0.2) is 29.5 Å². The Balaban J connectivity index is 2.00. The number of ether oxygens (including phenoxy) is 1. The number of nitrogens with one attached hydrogen (secondary N) is 1. The fourth-order valence-electron chi connectivity index (χ4n) is 2.13. The van der Waals surface area contributed by atoms with E-state index < -0.39 is 0 Å². The van der Waals surface area contributed by atoms with E-state index in [4.69, 9.17) is 16.3 Å². The van der Waals surface area contributed by atoms with E-state index >= 15 is 0 Å². The van der Waals surface area contributed by atoms with Gasteiger partial charge in [-0.15, -0.1) is 0 Å². The van der Waals surface area contributed by atoms with Crippen LogP contribution in [0.3, 0.4) is 0 Å². The van der Waals surface area contributed by atoms with Crippen LogP contribution in [0.2, 0.25) is 5.02 Å². The van der Waals surface area contributed by atoms with Gasteiger partial charge in [0.2, 0.25) is 0 Å². The van der Waals surface area contributed by atoms with Gasteiger partial charge in [0.15, 0.2) is 0 Å². The van der Waals surface area contributed by atoms with E-state index in [0.29, 0.717) is 11.6 Å². The number of aryl methyl sites for hydroxylation is 2. The first-order chi connectivity index (χ1) is 10.0. The number of aromatic nitrogens is 2. The van der Waals surface area contributed by atoms with Crippen LogP contribution in [0, 0.1) is 6.92 Å². The number of hydrogen-bond acceptors (Lipinski definition) is 3. The normalized spacial score (nSPS) is 12.4. The van der Waals surface area contributed by atoms with Crippen LogP contribution in [-0.2, 0) is 13.5 Å². The van der Waals surface area contributed by atoms with Gasteiger partial charge in [-0.2, -0.15) is 5.10 Å². The SMILES string of the molecule is CNC(COc1cccc(Cl)c1)Cc1c(Br)c(C)nn1C. The first kappa shape index (κ1) is 16.3. The van der Waals surface area contributed by atoms with Gasteiger partial charge < -0.3 is 10.1 Å². The lowest BCUT2D eigenvalue weighted by molar-refractivity contribution is 0.268. The summed E-state index contributed by atoms with van der Waals surface area (Å²) in [7, 11) is 3.89. The first-order valence-electron chi connectivity index (χ1n) is 6.75. The molecule has 1 aromatic carbocycles. The fourth-order valence-corrected chi connectivity index (χ4v) is 2.81. The highest BCUT2D eigenvalue weighted by molar-refractivity contribution is 9.10. The molecular formula is C15H19BrClN3O. The van der Waals surface area contributed by atoms with Gasteiger partial charge in [-0.05, 0) is 48.1 Å². The van der Waals surface area contributed by atoms with Crippen LogP contribution in [0.4, 0.5) is 0 Å². The second-order valence-corrected chi connectivity index (χ2v) is 6.16. The van der Waals surface area contributed by atoms with Crippen LogP contribution in [0.5, 0.6) is 5.75 Å². The van der Waals surface area contributed by atoms with Crippen molar-refractivity contribution in [3.8, 4) is 5.75 Å². The summed E-state index contributed by atoms with van der Waals surface area (Å²) in [6, 6.07) is 7.63. The summed E-state index contributed by atoms with van der Waals surface area (Å²) in [4.78, 5) is 0. The molecule has 0 saturated carbocycles. The molecule has 21 heavy (non-hydrogen) atoms. The number of rotatable bonds is 6. The van der Waals surface area contributed by atoms with Crippen LogP contribution in [0.25, 0.3) is 0 Å². The molecule has 1 heterocycles. The van der Waals surface area contributed by atoms with Gasteiger partial charge >= 0.3 is 0 Å². The third kappa shape index (κ3) is 4.22. The molecule has 0 aliphatic rings. The van der Waals surface area contributed by atoms with E-state index in [1.807, 2.05) is 50.0 Å². The summed E-state index contributed by atoms with van der Waals surface area (Å²) < 4.78 is 8.78. The van der Waals surface area contributed by atoms with Crippen LogP contribution in [0.1, 0.15) is 11.4 Å². The molecule has 0 fully saturated rings. The Morgan fingerprint density at radius 2 is 2.24 bits per heavy atom. The lowest BCUT2D eigenvalue weighted by Gasteiger charge is -2.17. The quantitative estimate of drug-likeness (QED) is 0.845. The van der Waals surface area contributed by atoms with Crippen molar-refractivity contribution in [3.63, 3.8) is 0 Å². The molecular weight excluding hydrogens is 354 g/mol. The predicted molar refractivity (Wildman–Crippen MR) is 89.1 cm³/mol. The molecule has 1 N–H and O–H groups in total. The zero-order valence-corrected chi connectivity index (χ0v) is 14.7. The Kier molecular flexibility index (Phi) is 5.67. The van der Waals surface area contributed by atoms with Crippen LogP contribution < -0.4 is 10.1 Å². The molecule has 0 aliphatic carbocycles. The van der Waals surface area contributed by atoms with Crippen molar-refractivity contribution in [2.24, 2.45) is 7.05 Å². The molecule has 2 aromatic rings. The van der Waals surface area contributed by atoms with Crippen LogP contribution >= 0.6 is 27.5 Å². The van der Waals surface area contributed by atoms with Gasteiger partial charge in [-0.25, -0.2) is 0 Å². The lowest BCUT2D eigenvalue weighted by Crippen LogP contribution is -2.34. The van der Waals surface area contributed by atoms with Crippen LogP contribution in [0.15, 0.2) is 28.7 Å². The summed E-state index contributed by atoms with van der Waals surface area (Å²) in [5.41, 5.74) is 2.15. The highest BCUT2D eigenvalue weighted by Crippen LogP contribution is 2.22. The Morgan fingerprint density at radius 3 is 2.81 bits per heavy atom. The average Bonchev–Trinajstić information content (AvgIpc) is 2.69. The molecule has 1 unspecified atom stereocenters. The molecule has 1 aromatic heterocycles. The maximum absolute atomic E-state index is 5.95. The second kappa shape index (κ2) is 7.29. The number of nitrogens with zero attached hydrogens (tertiary/aromatic N) is 2. The molecule has 0 bridgehead atoms. The third-order valence-corrected chi connectivity index (χ3v) is 4.62. The monoisotopic (exact) mass is 371 g/mol. The Labute approximate surface area is 138 Å². The Morgan fingerprint density at radius 1 is 1.48 bits per heavy atom. The van der Waals surface area contributed by atoms with Crippen molar-refractivity contribution in [2.75, 3.05) is 13.7 Å².